The molecule has 6 fully saturated rings. The van der Waals surface area contributed by atoms with Gasteiger partial charge in [0, 0.05) is 107 Å². The van der Waals surface area contributed by atoms with Gasteiger partial charge in [-0.3, -0.25) is 19.2 Å². The third-order valence-corrected chi connectivity index (χ3v) is 18.6. The maximum atomic E-state index is 14.5. The first-order valence-corrected chi connectivity index (χ1v) is 31.1. The Balaban J connectivity index is 1.22. The SMILES string of the molecule is C=C(Br)/C=C/C(O)CC(=C)C[C@H]1O[C@@H]2[C@H](C)[C@@H](OC(=O)C[C@H]3C[C@H](OC(C)=O)C[C@@]4(C[C@@](C)(O)C[C@H](CC(=C)C(C)C(OC(C)=O)C(C)C(=O)C[C@H]5C[C@@H](OC)C[C@@]6(C[C@H](O)C[C@@H](/C=C\CCC[C@@H]7O[C@@](O)(C[C@@H](O)[C@@H]7C)[C@H]2O)O6)O5)O4)O3)[C@@H]1O. The average molecular weight is 1270 g/mol. The molecule has 7 aliphatic heterocycles. The number of halogens is 1. The van der Waals surface area contributed by atoms with Crippen LogP contribution in [0.1, 0.15) is 158 Å². The fourth-order valence-corrected chi connectivity index (χ4v) is 14.3. The Hall–Kier alpha value is -3.30. The van der Waals surface area contributed by atoms with E-state index in [1.165, 1.54) is 19.9 Å². The summed E-state index contributed by atoms with van der Waals surface area (Å²) in [6.07, 6.45) is -8.17. The monoisotopic (exact) mass is 1270 g/mol. The van der Waals surface area contributed by atoms with Crippen molar-refractivity contribution >= 4 is 39.6 Å². The Bertz CT molecular complexity index is 2430. The smallest absolute Gasteiger partial charge is 0.308 e. The molecule has 0 saturated carbocycles. The van der Waals surface area contributed by atoms with Crippen molar-refractivity contribution in [2.24, 2.45) is 23.7 Å². The van der Waals surface area contributed by atoms with Crippen molar-refractivity contribution in [1.29, 1.82) is 0 Å². The minimum Gasteiger partial charge on any atom is -0.462 e. The lowest BCUT2D eigenvalue weighted by Crippen LogP contribution is -2.65. The number of rotatable bonds is 9. The van der Waals surface area contributed by atoms with Gasteiger partial charge >= 0.3 is 17.9 Å². The second-order valence-electron chi connectivity index (χ2n) is 25.9. The van der Waals surface area contributed by atoms with Gasteiger partial charge in [-0.2, -0.15) is 0 Å². The summed E-state index contributed by atoms with van der Waals surface area (Å²) in [7, 11) is 1.57. The number of fused-ring (bicyclic) bond motifs is 8. The van der Waals surface area contributed by atoms with Gasteiger partial charge in [-0.25, -0.2) is 0 Å². The first-order valence-electron chi connectivity index (χ1n) is 30.3. The summed E-state index contributed by atoms with van der Waals surface area (Å²) < 4.78 is 64.0. The van der Waals surface area contributed by atoms with Gasteiger partial charge in [0.05, 0.1) is 85.1 Å². The molecule has 0 aromatic rings. The first kappa shape index (κ1) is 69.2. The second-order valence-corrected chi connectivity index (χ2v) is 27.0. The largest absolute Gasteiger partial charge is 0.462 e. The number of ketones is 1. The Labute approximate surface area is 508 Å². The van der Waals surface area contributed by atoms with Crippen LogP contribution in [0.4, 0.5) is 0 Å². The minimum absolute atomic E-state index is 0.0122. The van der Waals surface area contributed by atoms with Gasteiger partial charge in [0.15, 0.2) is 17.4 Å². The van der Waals surface area contributed by atoms with E-state index in [0.717, 1.165) is 0 Å². The van der Waals surface area contributed by atoms with Gasteiger partial charge in [-0.1, -0.05) is 98.8 Å². The normalized spacial score (nSPS) is 44.5. The molecule has 10 bridgehead atoms. The van der Waals surface area contributed by atoms with Crippen LogP contribution in [0.2, 0.25) is 0 Å². The molecular formula is C63H95BrO21. The van der Waals surface area contributed by atoms with E-state index in [-0.39, 0.29) is 76.1 Å². The lowest BCUT2D eigenvalue weighted by molar-refractivity contribution is -0.351. The summed E-state index contributed by atoms with van der Waals surface area (Å²) >= 11 is 3.24. The number of methoxy groups -OCH3 is 1. The highest BCUT2D eigenvalue weighted by atomic mass is 79.9. The van der Waals surface area contributed by atoms with Crippen molar-refractivity contribution in [2.45, 2.75) is 278 Å². The summed E-state index contributed by atoms with van der Waals surface area (Å²) in [5.74, 6) is -10.7. The lowest BCUT2D eigenvalue weighted by atomic mass is 9.78. The van der Waals surface area contributed by atoms with Gasteiger partial charge in [-0.15, -0.1) is 0 Å². The summed E-state index contributed by atoms with van der Waals surface area (Å²) in [5, 5.41) is 82.5. The summed E-state index contributed by atoms with van der Waals surface area (Å²) in [6, 6.07) is 0. The van der Waals surface area contributed by atoms with Crippen molar-refractivity contribution in [3.63, 3.8) is 0 Å². The number of hydrogen-bond acceptors (Lipinski definition) is 21. The number of esters is 3. The molecule has 0 radical (unpaired) electrons. The predicted octanol–water partition coefficient (Wildman–Crippen LogP) is 6.07. The first-order chi connectivity index (χ1) is 39.8. The predicted molar refractivity (Wildman–Crippen MR) is 311 cm³/mol. The van der Waals surface area contributed by atoms with Crippen molar-refractivity contribution < 1.29 is 102 Å². The molecule has 85 heavy (non-hydrogen) atoms. The molecule has 24 atom stereocenters. The van der Waals surface area contributed by atoms with Gasteiger partial charge < -0.3 is 83.1 Å². The molecule has 4 unspecified atom stereocenters. The van der Waals surface area contributed by atoms with Crippen LogP contribution < -0.4 is 0 Å². The van der Waals surface area contributed by atoms with E-state index in [4.69, 9.17) is 47.4 Å². The van der Waals surface area contributed by atoms with E-state index in [0.29, 0.717) is 47.7 Å². The van der Waals surface area contributed by atoms with Gasteiger partial charge in [0.2, 0.25) is 0 Å². The van der Waals surface area contributed by atoms with E-state index < -0.39 is 169 Å². The Morgan fingerprint density at radius 3 is 2.15 bits per heavy atom. The number of ether oxygens (including phenoxy) is 10. The van der Waals surface area contributed by atoms with E-state index >= 15 is 0 Å². The van der Waals surface area contributed by atoms with Crippen LogP contribution in [0.15, 0.2) is 59.7 Å². The number of hydrogen-bond donors (Lipinski definition) is 7. The molecule has 7 rings (SSSR count). The number of aliphatic hydroxyl groups is 7. The van der Waals surface area contributed by atoms with Gasteiger partial charge in [0.1, 0.15) is 36.3 Å². The molecule has 0 aromatic carbocycles. The van der Waals surface area contributed by atoms with E-state index in [1.54, 1.807) is 47.8 Å². The molecule has 0 amide bonds. The average Bonchev–Trinajstić information content (AvgIpc) is 1.35. The van der Waals surface area contributed by atoms with Crippen molar-refractivity contribution in [1.82, 2.24) is 0 Å². The lowest BCUT2D eigenvalue weighted by Gasteiger charge is -2.52. The summed E-state index contributed by atoms with van der Waals surface area (Å²) in [4.78, 5) is 54.3. The highest BCUT2D eigenvalue weighted by Crippen LogP contribution is 2.48. The van der Waals surface area contributed by atoms with Crippen LogP contribution in [0.5, 0.6) is 0 Å². The zero-order chi connectivity index (χ0) is 62.5. The standard InChI is InChI=1S/C63H95BrO21/c1-33(19-42(67)18-17-35(3)64)20-53-55(72)57-39(7)58(79-53)59(73)63(75)31-51(70)37(5)52(85-63)16-14-12-13-15-44-22-43(68)27-61(81-44)29-47(76-11)23-45(82-61)25-50(69)38(6)56(78-41(9)66)36(4)34(2)21-49-28-60(10,74)32-62(84-49)30-48(77-40(8)65)24-46(83-62)26-54(71)80-57/h13,15,17-18,36-39,42-49,51-53,55-59,67-68,70,72-75H,1-3,12,14,16,19-32H2,4-11H3/b15-13-,18-17+/t36?,37-,38?,39+,42?,43+,44+,45+,46+,47+,48-,49-,51+,52-,53+,55+,56?,57+,58+,59-,60-,61+,62+,63-/m0/s1. The quantitative estimate of drug-likeness (QED) is 0.0597. The number of aliphatic hydroxyl groups excluding tert-OH is 5. The van der Waals surface area contributed by atoms with Crippen LogP contribution in [-0.2, 0) is 66.5 Å². The Morgan fingerprint density at radius 1 is 0.812 bits per heavy atom. The highest BCUT2D eigenvalue weighted by molar-refractivity contribution is 9.11. The number of Topliss-reactive ketones (excluding diaryl/α,β-unsaturated/α-hetero) is 1. The number of carbonyl (C=O) groups is 4. The molecule has 0 aromatic heterocycles. The molecule has 7 aliphatic rings. The van der Waals surface area contributed by atoms with Crippen LogP contribution in [-0.4, -0.2) is 187 Å². The van der Waals surface area contributed by atoms with Crippen molar-refractivity contribution in [3.05, 3.63) is 59.7 Å². The number of allylic oxidation sites excluding steroid dienone is 3. The van der Waals surface area contributed by atoms with Gasteiger partial charge in [0.25, 0.3) is 0 Å². The zero-order valence-corrected chi connectivity index (χ0v) is 52.3. The van der Waals surface area contributed by atoms with E-state index in [1.807, 2.05) is 12.2 Å². The fourth-order valence-electron chi connectivity index (χ4n) is 14.1. The third kappa shape index (κ3) is 18.2. The summed E-state index contributed by atoms with van der Waals surface area (Å²) in [6.45, 7) is 23.3. The maximum absolute atomic E-state index is 14.5. The molecule has 0 aliphatic carbocycles. The van der Waals surface area contributed by atoms with Crippen LogP contribution in [0, 0.1) is 23.7 Å². The van der Waals surface area contributed by atoms with Crippen LogP contribution in [0.25, 0.3) is 0 Å². The van der Waals surface area contributed by atoms with E-state index in [2.05, 4.69) is 35.7 Å². The highest BCUT2D eigenvalue weighted by Gasteiger charge is 2.58. The van der Waals surface area contributed by atoms with Crippen LogP contribution >= 0.6 is 15.9 Å². The van der Waals surface area contributed by atoms with Crippen molar-refractivity contribution in [2.75, 3.05) is 7.11 Å². The van der Waals surface area contributed by atoms with E-state index in [9.17, 15) is 54.9 Å². The Kier molecular flexibility index (Phi) is 23.7. The maximum Gasteiger partial charge on any atom is 0.308 e. The molecule has 2 spiro atoms. The molecular weight excluding hydrogens is 1170 g/mol. The topological polar surface area (TPSA) is 302 Å². The van der Waals surface area contributed by atoms with Crippen LogP contribution in [0.3, 0.4) is 0 Å². The Morgan fingerprint density at radius 2 is 1.47 bits per heavy atom. The second kappa shape index (κ2) is 29.1. The third-order valence-electron chi connectivity index (χ3n) is 18.3. The summed E-state index contributed by atoms with van der Waals surface area (Å²) in [5.41, 5.74) is -0.473. The van der Waals surface area contributed by atoms with Gasteiger partial charge in [-0.05, 0) is 45.4 Å². The minimum atomic E-state index is -2.40. The molecule has 6 saturated heterocycles. The molecule has 7 heterocycles. The zero-order valence-electron chi connectivity index (χ0n) is 50.7. The fraction of sp³-hybridized carbons (Fsp3) is 0.778. The molecule has 480 valence electrons. The number of carbonyl (C=O) groups excluding carboxylic acids is 4. The van der Waals surface area contributed by atoms with Crippen molar-refractivity contribution in [3.8, 4) is 0 Å². The molecule has 22 heteroatoms. The molecule has 7 N–H and O–H groups in total. The molecule has 21 nitrogen and oxygen atoms in total.